The molecule has 25 heteroatoms. The van der Waals surface area contributed by atoms with Gasteiger partial charge in [0.1, 0.15) is 61.4 Å². The van der Waals surface area contributed by atoms with Crippen LogP contribution in [0.5, 0.6) is 5.75 Å². The average Bonchev–Trinajstić information content (AvgIpc) is 1.48. The lowest BCUT2D eigenvalue weighted by atomic mass is 9.68. The fraction of sp³-hybridized carbons (Fsp3) is 0.287. The summed E-state index contributed by atoms with van der Waals surface area (Å²) in [5.41, 5.74) is 17.2. The Labute approximate surface area is 607 Å². The molecule has 3 aliphatic heterocycles. The number of halogens is 4. The van der Waals surface area contributed by atoms with Gasteiger partial charge in [-0.25, -0.2) is 36.3 Å². The van der Waals surface area contributed by atoms with E-state index >= 15 is 0 Å². The Balaban J connectivity index is 0.000000125. The number of methoxy groups -OCH3 is 1. The lowest BCUT2D eigenvalue weighted by Gasteiger charge is -2.40. The molecule has 6 aromatic heterocycles. The number of carbonyl (C=O) groups excluding carboxylic acids is 6. The minimum Gasteiger partial charge on any atom is -0.497 e. The summed E-state index contributed by atoms with van der Waals surface area (Å²) in [6.07, 6.45) is 4.34. The van der Waals surface area contributed by atoms with Gasteiger partial charge in [-0.05, 0) is 123 Å². The first-order valence-electron chi connectivity index (χ1n) is 35.0. The van der Waals surface area contributed by atoms with Gasteiger partial charge in [-0.15, -0.1) is 0 Å². The number of alkyl halides is 3. The Kier molecular flexibility index (Phi) is 20.7. The zero-order valence-electron chi connectivity index (χ0n) is 57.3. The Morgan fingerprint density at radius 3 is 1.29 bits per heavy atom. The van der Waals surface area contributed by atoms with Crippen LogP contribution in [-0.2, 0) is 34.1 Å². The number of fused-ring (bicyclic) bond motifs is 9. The number of hydrogen-bond acceptors (Lipinski definition) is 13. The van der Waals surface area contributed by atoms with E-state index in [1.165, 1.54) is 9.80 Å². The van der Waals surface area contributed by atoms with Crippen LogP contribution in [0.4, 0.5) is 40.2 Å². The van der Waals surface area contributed by atoms with Crippen LogP contribution >= 0.6 is 11.6 Å². The molecule has 0 bridgehead atoms. The number of nitrogens with one attached hydrogen (secondary N) is 2. The predicted octanol–water partition coefficient (Wildman–Crippen LogP) is 13.8. The van der Waals surface area contributed by atoms with Crippen LogP contribution in [0.3, 0.4) is 0 Å². The minimum absolute atomic E-state index is 0.0103. The molecule has 3 saturated heterocycles. The summed E-state index contributed by atoms with van der Waals surface area (Å²) in [5, 5.41) is 17.4. The molecule has 21 nitrogen and oxygen atoms in total. The highest BCUT2D eigenvalue weighted by molar-refractivity contribution is 6.64. The number of ether oxygens (including phenoxy) is 3. The lowest BCUT2D eigenvalue weighted by Crippen LogP contribution is -2.52. The van der Waals surface area contributed by atoms with E-state index in [-0.39, 0.29) is 69.9 Å². The lowest BCUT2D eigenvalue weighted by molar-refractivity contribution is -0.143. The zero-order valence-corrected chi connectivity index (χ0v) is 58.1. The summed E-state index contributed by atoms with van der Waals surface area (Å²) in [6, 6.07) is 59.2. The molecular formula is C80H76ClF3N12O9. The highest BCUT2D eigenvalue weighted by atomic mass is 35.5. The van der Waals surface area contributed by atoms with Crippen molar-refractivity contribution in [2.75, 3.05) is 56.3 Å². The monoisotopic (exact) mass is 1440 g/mol. The van der Waals surface area contributed by atoms with Crippen LogP contribution in [0, 0.1) is 0 Å². The minimum atomic E-state index is -1.30. The number of pyridine rings is 3. The second-order valence-electron chi connectivity index (χ2n) is 26.9. The maximum atomic E-state index is 14.6. The van der Waals surface area contributed by atoms with Gasteiger partial charge in [-0.3, -0.25) is 29.0 Å². The van der Waals surface area contributed by atoms with Gasteiger partial charge in [0, 0.05) is 67.9 Å². The number of anilines is 3. The third-order valence-corrected chi connectivity index (χ3v) is 20.7. The van der Waals surface area contributed by atoms with Gasteiger partial charge in [-0.1, -0.05) is 147 Å². The first-order chi connectivity index (χ1) is 51.0. The molecule has 0 unspecified atom stereocenters. The number of nitrogen functional groups attached to an aromatic ring is 1. The Morgan fingerprint density at radius 1 is 0.486 bits per heavy atom. The smallest absolute Gasteiger partial charge is 0.410 e. The number of aromatic nitrogens is 6. The molecule has 0 spiro atoms. The quantitative estimate of drug-likeness (QED) is 0.0965. The second kappa shape index (κ2) is 30.8. The summed E-state index contributed by atoms with van der Waals surface area (Å²) in [7, 11) is 1.61. The van der Waals surface area contributed by atoms with Crippen molar-refractivity contribution in [3.05, 3.63) is 241 Å². The summed E-state index contributed by atoms with van der Waals surface area (Å²) >= 11 is 5.49. The van der Waals surface area contributed by atoms with Crippen molar-refractivity contribution in [3.8, 4) is 28.0 Å². The molecule has 17 rings (SSSR count). The Hall–Kier alpha value is -11.5. The Morgan fingerprint density at radius 2 is 0.867 bits per heavy atom. The zero-order chi connectivity index (χ0) is 72.9. The molecule has 105 heavy (non-hydrogen) atoms. The fourth-order valence-corrected chi connectivity index (χ4v) is 15.6. The summed E-state index contributed by atoms with van der Waals surface area (Å²) < 4.78 is 64.0. The molecule has 538 valence electrons. The van der Waals surface area contributed by atoms with E-state index < -0.39 is 71.3 Å². The van der Waals surface area contributed by atoms with Crippen molar-refractivity contribution in [1.82, 2.24) is 43.5 Å². The molecule has 5 amide bonds. The number of nitrogens with two attached hydrogens (primary N) is 1. The van der Waals surface area contributed by atoms with Gasteiger partial charge in [0.15, 0.2) is 11.6 Å². The van der Waals surface area contributed by atoms with Crippen molar-refractivity contribution in [2.24, 2.45) is 0 Å². The molecule has 4 N–H and O–H groups in total. The van der Waals surface area contributed by atoms with Crippen LogP contribution in [-0.4, -0.2) is 155 Å². The van der Waals surface area contributed by atoms with Crippen molar-refractivity contribution in [2.45, 2.75) is 105 Å². The normalized spacial score (nSPS) is 19.7. The van der Waals surface area contributed by atoms with E-state index in [0.29, 0.717) is 30.3 Å². The average molecular weight is 1440 g/mol. The van der Waals surface area contributed by atoms with E-state index in [0.717, 1.165) is 96.5 Å². The van der Waals surface area contributed by atoms with Crippen LogP contribution in [0.25, 0.3) is 38.8 Å². The number of amides is 5. The number of carbonyl (C=O) groups is 6. The largest absolute Gasteiger partial charge is 0.497 e. The van der Waals surface area contributed by atoms with Crippen molar-refractivity contribution in [3.63, 3.8) is 0 Å². The maximum Gasteiger partial charge on any atom is 0.410 e. The number of benzene rings is 5. The molecular weight excluding hydrogens is 1370 g/mol. The third kappa shape index (κ3) is 14.9. The first-order valence-corrected chi connectivity index (χ1v) is 35.4. The third-order valence-electron chi connectivity index (χ3n) is 20.4. The van der Waals surface area contributed by atoms with E-state index in [9.17, 15) is 41.9 Å². The van der Waals surface area contributed by atoms with Gasteiger partial charge in [0.25, 0.3) is 0 Å². The molecule has 6 atom stereocenters. The molecule has 4 fully saturated rings. The number of rotatable bonds is 12. The van der Waals surface area contributed by atoms with Gasteiger partial charge in [0.2, 0.25) is 23.0 Å². The van der Waals surface area contributed by atoms with Gasteiger partial charge < -0.3 is 35.5 Å². The van der Waals surface area contributed by atoms with Crippen molar-refractivity contribution >= 4 is 80.8 Å². The van der Waals surface area contributed by atoms with Crippen molar-refractivity contribution < 1.29 is 56.1 Å². The molecule has 11 aromatic rings. The SMILES string of the molecule is COc1ccc(C2(C(=O)N3C[C@H](F)C[C@@H]3C(=O)Nc3cc4ccccn4n3)CCCCC2)cc1.Nc1cc2ccccn2n1.O=C(Cl)[C@H]1C[C@@H](F)CN1C(=O)OCC1c2ccccc2-c2ccccc21.O=C(Nc1cc2ccccn2n1)[C@H]1C[C@@H](F)CN1C(=O)OCC1c2ccccc2-c2ccccc21. The first kappa shape index (κ1) is 70.5. The highest BCUT2D eigenvalue weighted by Crippen LogP contribution is 2.47. The van der Waals surface area contributed by atoms with Crippen LogP contribution in [0.2, 0.25) is 0 Å². The van der Waals surface area contributed by atoms with Crippen LogP contribution < -0.4 is 21.1 Å². The molecule has 1 saturated carbocycles. The molecule has 9 heterocycles. The van der Waals surface area contributed by atoms with Gasteiger partial charge in [-0.2, -0.15) is 15.3 Å². The van der Waals surface area contributed by atoms with Crippen LogP contribution in [0.15, 0.2) is 213 Å². The van der Waals surface area contributed by atoms with Crippen molar-refractivity contribution in [1.29, 1.82) is 0 Å². The van der Waals surface area contributed by atoms with E-state index in [1.807, 2.05) is 176 Å². The maximum absolute atomic E-state index is 14.6. The predicted molar refractivity (Wildman–Crippen MR) is 391 cm³/mol. The van der Waals surface area contributed by atoms with E-state index in [1.54, 1.807) is 45.2 Å². The molecule has 6 aliphatic rings. The molecule has 3 aliphatic carbocycles. The number of hydrogen-bond donors (Lipinski definition) is 3. The fourth-order valence-electron chi connectivity index (χ4n) is 15.4. The van der Waals surface area contributed by atoms with E-state index in [2.05, 4.69) is 38.1 Å². The van der Waals surface area contributed by atoms with Gasteiger partial charge in [0.05, 0.1) is 48.7 Å². The molecule has 5 aromatic carbocycles. The van der Waals surface area contributed by atoms with E-state index in [4.69, 9.17) is 31.5 Å². The van der Waals surface area contributed by atoms with Crippen LogP contribution in [0.1, 0.15) is 91.0 Å². The highest BCUT2D eigenvalue weighted by Gasteiger charge is 2.50. The topological polar surface area (TPSA) is 242 Å². The summed E-state index contributed by atoms with van der Waals surface area (Å²) in [6.45, 7) is -0.176. The summed E-state index contributed by atoms with van der Waals surface area (Å²) in [4.78, 5) is 80.9. The summed E-state index contributed by atoms with van der Waals surface area (Å²) in [5.74, 6) is 0.764. The number of likely N-dealkylation sites (tertiary alicyclic amines) is 3. The second-order valence-corrected chi connectivity index (χ2v) is 27.3. The Bertz CT molecular complexity index is 4840. The standard InChI is InChI=1S/C27H23FN4O3.C26H29FN4O3.C20H17ClFNO3.C7H7N3/c28-17-13-24(26(33)29-25-14-18-7-5-6-12-32(18)30-25)31(15-17)27(34)35-16-23-21-10-3-1-8-19(21)20-9-2-4-11-22(20)23;1-34-21-10-8-18(9-11-21)26(12-4-2-5-13-26)25(33)30-17-19(27)15-22(30)24(32)28-23-16-20-7-3-6-14-31(20)29-23;21-19(24)18-9-12(22)10-23(18)20(25)26-11-17-15-7-3-1-5-13(15)14-6-2-4-8-16(14)17;8-7-5-6-3-1-2-4-10(6)9-7/h1-12,14,17,23-24H,13,15-16H2,(H,29,30,33);3,6-11,14,16,19,22H,2,4-5,12-13,15,17H2,1H3,(H,28,29,32);1-8,12,17-18H,9-11H2;1-5H,(H2,8,9)/t17-,24-;19-,22-;12-,18-;/m111./s1. The number of nitrogens with zero attached hydrogens (tertiary/aromatic N) is 9. The van der Waals surface area contributed by atoms with Gasteiger partial charge >= 0.3 is 12.2 Å². The molecule has 0 radical (unpaired) electrons.